The van der Waals surface area contributed by atoms with Crippen LogP contribution in [0.4, 0.5) is 31.1 Å². The van der Waals surface area contributed by atoms with E-state index in [-0.39, 0.29) is 46.6 Å². The highest BCUT2D eigenvalue weighted by Gasteiger charge is 2.31. The number of benzene rings is 2. The molecule has 4 rings (SSSR count). The number of esters is 1. The van der Waals surface area contributed by atoms with Crippen molar-refractivity contribution in [3.63, 3.8) is 0 Å². The van der Waals surface area contributed by atoms with Crippen molar-refractivity contribution in [2.75, 3.05) is 26.8 Å². The number of fused-ring (bicyclic) bond motifs is 1. The first kappa shape index (κ1) is 33.2. The second kappa shape index (κ2) is 13.5. The number of aromatic nitrogens is 3. The van der Waals surface area contributed by atoms with Crippen LogP contribution in [-0.2, 0) is 21.3 Å². The van der Waals surface area contributed by atoms with Gasteiger partial charge in [-0.15, -0.1) is 13.2 Å². The van der Waals surface area contributed by atoms with Crippen LogP contribution >= 0.6 is 0 Å². The van der Waals surface area contributed by atoms with Gasteiger partial charge in [0.05, 0.1) is 45.4 Å². The zero-order valence-electron chi connectivity index (χ0n) is 23.5. The Kier molecular flexibility index (Phi) is 10.00. The summed E-state index contributed by atoms with van der Waals surface area (Å²) in [5.74, 6) is -1.74. The number of nitrogens with zero attached hydrogens (tertiary/aromatic N) is 4. The molecule has 0 aliphatic rings. The van der Waals surface area contributed by atoms with Gasteiger partial charge in [-0.1, -0.05) is 12.1 Å². The fourth-order valence-electron chi connectivity index (χ4n) is 3.97. The number of likely N-dealkylation sites (N-methyl/N-ethyl adjacent to an activating group) is 1. The number of hydrogen-bond acceptors (Lipinski definition) is 8. The molecule has 0 radical (unpaired) electrons. The summed E-state index contributed by atoms with van der Waals surface area (Å²) in [5.41, 5.74) is 1.04. The highest BCUT2D eigenvalue weighted by Crippen LogP contribution is 2.27. The van der Waals surface area contributed by atoms with E-state index in [0.717, 1.165) is 28.8 Å². The first-order chi connectivity index (χ1) is 21.1. The van der Waals surface area contributed by atoms with Crippen LogP contribution in [0.25, 0.3) is 11.0 Å². The van der Waals surface area contributed by atoms with Crippen molar-refractivity contribution in [1.29, 1.82) is 0 Å². The lowest BCUT2D eigenvalue weighted by molar-refractivity contribution is -0.274. The maximum Gasteiger partial charge on any atom is 0.573 e. The summed E-state index contributed by atoms with van der Waals surface area (Å²) in [6.07, 6.45) is -8.23. The minimum Gasteiger partial charge on any atom is -0.484 e. The molecule has 0 unspecified atom stereocenters. The molecule has 2 aromatic carbocycles. The summed E-state index contributed by atoms with van der Waals surface area (Å²) in [7, 11) is -0.607. The Morgan fingerprint density at radius 1 is 1.00 bits per heavy atom. The van der Waals surface area contributed by atoms with Gasteiger partial charge in [-0.25, -0.2) is 19.1 Å². The van der Waals surface area contributed by atoms with Gasteiger partial charge < -0.3 is 19.1 Å². The monoisotopic (exact) mass is 658 g/mol. The first-order valence-corrected chi connectivity index (χ1v) is 14.2. The van der Waals surface area contributed by atoms with Crippen LogP contribution in [0.15, 0.2) is 66.0 Å². The highest BCUT2D eigenvalue weighted by molar-refractivity contribution is 7.84. The second-order valence-electron chi connectivity index (χ2n) is 9.41. The van der Waals surface area contributed by atoms with Gasteiger partial charge in [0.25, 0.3) is 0 Å². The molecule has 0 aliphatic heterocycles. The summed E-state index contributed by atoms with van der Waals surface area (Å²) in [6, 6.07) is 11.1. The van der Waals surface area contributed by atoms with E-state index in [1.54, 1.807) is 24.3 Å². The lowest BCUT2D eigenvalue weighted by atomic mass is 10.2. The van der Waals surface area contributed by atoms with Gasteiger partial charge in [0.15, 0.2) is 6.61 Å². The molecule has 0 saturated heterocycles. The Labute approximate surface area is 254 Å². The Morgan fingerprint density at radius 2 is 1.69 bits per heavy atom. The van der Waals surface area contributed by atoms with E-state index >= 15 is 0 Å². The number of carbonyl (C=O) groups excluding carboxylic acids is 2. The predicted molar refractivity (Wildman–Crippen MR) is 147 cm³/mol. The van der Waals surface area contributed by atoms with Crippen molar-refractivity contribution in [3.05, 3.63) is 77.6 Å². The standard InChI is InChI=1S/C28H24F6N4O6S/c1-17-21(35-12-11-23(17)43-16-27(29,30)31)15-45(41)25-36-20-5-3-4-6-22(20)38(25)26(40)37(2)13-14-42-24(39)18-7-9-19(10-8-18)44-28(32,33)34/h3-12H,13-16H2,1-2H3/t45-/m0/s1. The number of ether oxygens (including phenoxy) is 3. The molecule has 10 nitrogen and oxygen atoms in total. The van der Waals surface area contributed by atoms with Gasteiger partial charge in [-0.2, -0.15) is 13.2 Å². The Morgan fingerprint density at radius 3 is 2.36 bits per heavy atom. The lowest BCUT2D eigenvalue weighted by Crippen LogP contribution is -2.35. The number of hydrogen-bond donors (Lipinski definition) is 0. The van der Waals surface area contributed by atoms with Crippen molar-refractivity contribution in [3.8, 4) is 11.5 Å². The largest absolute Gasteiger partial charge is 0.573 e. The molecule has 2 aromatic heterocycles. The molecule has 0 fully saturated rings. The number of carbonyl (C=O) groups is 2. The van der Waals surface area contributed by atoms with E-state index in [9.17, 15) is 40.1 Å². The van der Waals surface area contributed by atoms with Crippen molar-refractivity contribution in [2.45, 2.75) is 30.4 Å². The average molecular weight is 659 g/mol. The molecule has 0 aliphatic carbocycles. The van der Waals surface area contributed by atoms with E-state index in [2.05, 4.69) is 14.7 Å². The second-order valence-corrected chi connectivity index (χ2v) is 10.8. The van der Waals surface area contributed by atoms with Gasteiger partial charge in [-0.3, -0.25) is 9.19 Å². The molecule has 240 valence electrons. The van der Waals surface area contributed by atoms with Crippen LogP contribution in [0.1, 0.15) is 21.6 Å². The maximum absolute atomic E-state index is 13.5. The normalized spacial score (nSPS) is 12.5. The van der Waals surface area contributed by atoms with Crippen LogP contribution < -0.4 is 9.47 Å². The number of rotatable bonds is 10. The molecule has 2 heterocycles. The van der Waals surface area contributed by atoms with E-state index in [1.807, 2.05) is 0 Å². The zero-order chi connectivity index (χ0) is 32.9. The Balaban J connectivity index is 1.46. The van der Waals surface area contributed by atoms with Crippen LogP contribution in [0.5, 0.6) is 11.5 Å². The van der Waals surface area contributed by atoms with E-state index < -0.39 is 47.7 Å². The summed E-state index contributed by atoms with van der Waals surface area (Å²) in [5, 5.41) is -0.144. The molecule has 4 aromatic rings. The number of pyridine rings is 1. The zero-order valence-corrected chi connectivity index (χ0v) is 24.3. The minimum atomic E-state index is -4.89. The summed E-state index contributed by atoms with van der Waals surface area (Å²) in [4.78, 5) is 35.5. The maximum atomic E-state index is 13.5. The van der Waals surface area contributed by atoms with Crippen LogP contribution in [0.2, 0.25) is 0 Å². The first-order valence-electron chi connectivity index (χ1n) is 12.9. The van der Waals surface area contributed by atoms with E-state index in [1.165, 1.54) is 31.1 Å². The number of para-hydroxylation sites is 2. The SMILES string of the molecule is Cc1c(OCC(F)(F)F)ccnc1C[S@](=O)c1nc2ccccc2n1C(=O)N(C)CCOC(=O)c1ccc(OC(F)(F)F)cc1. The van der Waals surface area contributed by atoms with Gasteiger partial charge in [-0.05, 0) is 49.4 Å². The fraction of sp³-hybridized carbons (Fsp3) is 0.286. The van der Waals surface area contributed by atoms with Crippen molar-refractivity contribution >= 4 is 33.8 Å². The quantitative estimate of drug-likeness (QED) is 0.159. The number of imidazole rings is 1. The number of amides is 1. The van der Waals surface area contributed by atoms with Crippen LogP contribution in [0, 0.1) is 6.92 Å². The van der Waals surface area contributed by atoms with Crippen LogP contribution in [-0.4, -0.2) is 75.0 Å². The molecule has 0 bridgehead atoms. The molecule has 0 spiro atoms. The highest BCUT2D eigenvalue weighted by atomic mass is 32.2. The predicted octanol–water partition coefficient (Wildman–Crippen LogP) is 5.64. The van der Waals surface area contributed by atoms with Gasteiger partial charge in [0.1, 0.15) is 18.1 Å². The summed E-state index contributed by atoms with van der Waals surface area (Å²) >= 11 is 0. The van der Waals surface area contributed by atoms with E-state index in [4.69, 9.17) is 9.47 Å². The minimum absolute atomic E-state index is 0.0476. The number of halogens is 6. The van der Waals surface area contributed by atoms with Crippen molar-refractivity contribution in [1.82, 2.24) is 19.4 Å². The lowest BCUT2D eigenvalue weighted by Gasteiger charge is -2.19. The summed E-state index contributed by atoms with van der Waals surface area (Å²) in [6.45, 7) is -0.465. The third-order valence-corrected chi connectivity index (χ3v) is 7.37. The molecule has 0 N–H and O–H groups in total. The Hall–Kier alpha value is -4.67. The fourth-order valence-corrected chi connectivity index (χ4v) is 5.22. The third-order valence-electron chi connectivity index (χ3n) is 6.15. The molecular weight excluding hydrogens is 634 g/mol. The number of alkyl halides is 6. The molecular formula is C28H24F6N4O6S. The molecule has 45 heavy (non-hydrogen) atoms. The van der Waals surface area contributed by atoms with Crippen molar-refractivity contribution in [2.24, 2.45) is 0 Å². The topological polar surface area (TPSA) is 113 Å². The van der Waals surface area contributed by atoms with Crippen molar-refractivity contribution < 1.29 is 54.4 Å². The van der Waals surface area contributed by atoms with Crippen LogP contribution in [0.3, 0.4) is 0 Å². The summed E-state index contributed by atoms with van der Waals surface area (Å²) < 4.78 is 103. The van der Waals surface area contributed by atoms with Gasteiger partial charge in [0, 0.05) is 18.8 Å². The molecule has 17 heteroatoms. The van der Waals surface area contributed by atoms with Gasteiger partial charge in [0.2, 0.25) is 5.16 Å². The van der Waals surface area contributed by atoms with Gasteiger partial charge >= 0.3 is 24.5 Å². The molecule has 1 amide bonds. The Bertz CT molecular complexity index is 1710. The third kappa shape index (κ3) is 8.71. The van der Waals surface area contributed by atoms with E-state index in [0.29, 0.717) is 11.0 Å². The molecule has 0 saturated carbocycles. The average Bonchev–Trinajstić information content (AvgIpc) is 3.36. The smallest absolute Gasteiger partial charge is 0.484 e. The molecule has 1 atom stereocenters.